The van der Waals surface area contributed by atoms with Crippen molar-refractivity contribution in [3.8, 4) is 0 Å². The highest BCUT2D eigenvalue weighted by Gasteiger charge is 2.30. The third-order valence-corrected chi connectivity index (χ3v) is 3.68. The van der Waals surface area contributed by atoms with E-state index in [2.05, 4.69) is 4.98 Å². The topological polar surface area (TPSA) is 33.2 Å². The number of hydrogen-bond acceptors (Lipinski definition) is 2. The molecule has 1 aliphatic heterocycles. The summed E-state index contributed by atoms with van der Waals surface area (Å²) >= 11 is 0. The molecule has 1 saturated heterocycles. The number of amides is 1. The van der Waals surface area contributed by atoms with Gasteiger partial charge in [0.1, 0.15) is 5.82 Å². The fraction of sp³-hybridized carbons (Fsp3) is 0.250. The van der Waals surface area contributed by atoms with E-state index in [1.54, 1.807) is 24.5 Å². The molecule has 0 saturated carbocycles. The Bertz CT molecular complexity index is 598. The third kappa shape index (κ3) is 2.69. The number of benzene rings is 1. The van der Waals surface area contributed by atoms with Crippen LogP contribution < -0.4 is 0 Å². The molecule has 3 rings (SSSR count). The highest BCUT2D eigenvalue weighted by molar-refractivity contribution is 5.79. The Morgan fingerprint density at radius 3 is 2.55 bits per heavy atom. The van der Waals surface area contributed by atoms with Crippen molar-refractivity contribution in [3.63, 3.8) is 0 Å². The van der Waals surface area contributed by atoms with Crippen molar-refractivity contribution in [2.75, 3.05) is 6.54 Å². The van der Waals surface area contributed by atoms with Crippen molar-refractivity contribution in [3.05, 3.63) is 65.7 Å². The van der Waals surface area contributed by atoms with Crippen molar-refractivity contribution >= 4 is 5.91 Å². The van der Waals surface area contributed by atoms with E-state index in [0.717, 1.165) is 11.1 Å². The largest absolute Gasteiger partial charge is 0.338 e. The second-order valence-electron chi connectivity index (χ2n) is 5.08. The lowest BCUT2D eigenvalue weighted by molar-refractivity contribution is -0.128. The van der Waals surface area contributed by atoms with E-state index >= 15 is 0 Å². The molecule has 4 heteroatoms. The smallest absolute Gasteiger partial charge is 0.223 e. The molecule has 0 spiro atoms. The van der Waals surface area contributed by atoms with Gasteiger partial charge in [0, 0.05) is 37.8 Å². The van der Waals surface area contributed by atoms with Crippen LogP contribution in [0.15, 0.2) is 48.8 Å². The number of halogens is 1. The second-order valence-corrected chi connectivity index (χ2v) is 5.08. The molecule has 20 heavy (non-hydrogen) atoms. The Kier molecular flexibility index (Phi) is 3.46. The van der Waals surface area contributed by atoms with Crippen LogP contribution in [-0.2, 0) is 11.3 Å². The summed E-state index contributed by atoms with van der Waals surface area (Å²) in [5.74, 6) is 0.0628. The summed E-state index contributed by atoms with van der Waals surface area (Å²) in [5.41, 5.74) is 2.10. The summed E-state index contributed by atoms with van der Waals surface area (Å²) in [6, 6.07) is 10.3. The van der Waals surface area contributed by atoms with Crippen LogP contribution in [0.2, 0.25) is 0 Å². The highest BCUT2D eigenvalue weighted by Crippen LogP contribution is 2.29. The Morgan fingerprint density at radius 2 is 1.85 bits per heavy atom. The first-order valence-electron chi connectivity index (χ1n) is 6.64. The molecule has 0 aliphatic carbocycles. The zero-order valence-electron chi connectivity index (χ0n) is 11.0. The average Bonchev–Trinajstić information content (AvgIpc) is 2.82. The SMILES string of the molecule is O=C1CC(c2ccc(F)cc2)CN1Cc1ccncc1. The lowest BCUT2D eigenvalue weighted by atomic mass is 9.98. The molecule has 1 atom stereocenters. The van der Waals surface area contributed by atoms with Gasteiger partial charge < -0.3 is 4.90 Å². The minimum absolute atomic E-state index is 0.149. The molecule has 1 aromatic heterocycles. The molecule has 1 aromatic carbocycles. The van der Waals surface area contributed by atoms with Crippen molar-refractivity contribution < 1.29 is 9.18 Å². The number of likely N-dealkylation sites (tertiary alicyclic amines) is 1. The van der Waals surface area contributed by atoms with Crippen LogP contribution in [0.25, 0.3) is 0 Å². The van der Waals surface area contributed by atoms with Gasteiger partial charge in [-0.25, -0.2) is 4.39 Å². The Morgan fingerprint density at radius 1 is 1.15 bits per heavy atom. The van der Waals surface area contributed by atoms with Gasteiger partial charge in [0.2, 0.25) is 5.91 Å². The molecular formula is C16H15FN2O. The minimum atomic E-state index is -0.244. The summed E-state index contributed by atoms with van der Waals surface area (Å²) in [7, 11) is 0. The zero-order chi connectivity index (χ0) is 13.9. The lowest BCUT2D eigenvalue weighted by Gasteiger charge is -2.16. The molecule has 1 amide bonds. The van der Waals surface area contributed by atoms with Crippen LogP contribution in [0, 0.1) is 5.82 Å². The van der Waals surface area contributed by atoms with Crippen molar-refractivity contribution in [2.45, 2.75) is 18.9 Å². The van der Waals surface area contributed by atoms with Gasteiger partial charge in [0.25, 0.3) is 0 Å². The van der Waals surface area contributed by atoms with E-state index in [-0.39, 0.29) is 17.6 Å². The van der Waals surface area contributed by atoms with Gasteiger partial charge in [-0.2, -0.15) is 0 Å². The van der Waals surface area contributed by atoms with E-state index in [0.29, 0.717) is 19.5 Å². The quantitative estimate of drug-likeness (QED) is 0.859. The molecule has 0 N–H and O–H groups in total. The maximum atomic E-state index is 12.9. The van der Waals surface area contributed by atoms with Gasteiger partial charge in [-0.05, 0) is 35.4 Å². The first-order chi connectivity index (χ1) is 9.72. The van der Waals surface area contributed by atoms with E-state index in [1.165, 1.54) is 12.1 Å². The van der Waals surface area contributed by atoms with Gasteiger partial charge in [-0.15, -0.1) is 0 Å². The van der Waals surface area contributed by atoms with Gasteiger partial charge in [0.15, 0.2) is 0 Å². The molecule has 1 unspecified atom stereocenters. The van der Waals surface area contributed by atoms with Crippen molar-refractivity contribution in [1.82, 2.24) is 9.88 Å². The zero-order valence-corrected chi connectivity index (χ0v) is 11.0. The average molecular weight is 270 g/mol. The van der Waals surface area contributed by atoms with Gasteiger partial charge in [-0.1, -0.05) is 12.1 Å². The number of nitrogens with zero attached hydrogens (tertiary/aromatic N) is 2. The maximum absolute atomic E-state index is 12.9. The molecule has 1 aliphatic rings. The monoisotopic (exact) mass is 270 g/mol. The first-order valence-corrected chi connectivity index (χ1v) is 6.64. The fourth-order valence-corrected chi connectivity index (χ4v) is 2.59. The van der Waals surface area contributed by atoms with Crippen LogP contribution in [0.5, 0.6) is 0 Å². The highest BCUT2D eigenvalue weighted by atomic mass is 19.1. The molecule has 1 fully saturated rings. The van der Waals surface area contributed by atoms with Crippen LogP contribution in [0.4, 0.5) is 4.39 Å². The van der Waals surface area contributed by atoms with Crippen LogP contribution in [0.3, 0.4) is 0 Å². The number of hydrogen-bond donors (Lipinski definition) is 0. The number of carbonyl (C=O) groups is 1. The van der Waals surface area contributed by atoms with Gasteiger partial charge in [-0.3, -0.25) is 9.78 Å². The van der Waals surface area contributed by atoms with E-state index in [4.69, 9.17) is 0 Å². The summed E-state index contributed by atoms with van der Waals surface area (Å²) in [5, 5.41) is 0. The number of aromatic nitrogens is 1. The maximum Gasteiger partial charge on any atom is 0.223 e. The summed E-state index contributed by atoms with van der Waals surface area (Å²) in [6.07, 6.45) is 3.96. The van der Waals surface area contributed by atoms with Gasteiger partial charge >= 0.3 is 0 Å². The summed E-state index contributed by atoms with van der Waals surface area (Å²) < 4.78 is 12.9. The Labute approximate surface area is 117 Å². The molecule has 2 aromatic rings. The third-order valence-electron chi connectivity index (χ3n) is 3.68. The standard InChI is InChI=1S/C16H15FN2O/c17-15-3-1-13(2-4-15)14-9-16(20)19(11-14)10-12-5-7-18-8-6-12/h1-8,14H,9-11H2. The van der Waals surface area contributed by atoms with Crippen molar-refractivity contribution in [2.24, 2.45) is 0 Å². The number of rotatable bonds is 3. The fourth-order valence-electron chi connectivity index (χ4n) is 2.59. The van der Waals surface area contributed by atoms with E-state index in [1.807, 2.05) is 17.0 Å². The lowest BCUT2D eigenvalue weighted by Crippen LogP contribution is -2.24. The van der Waals surface area contributed by atoms with E-state index < -0.39 is 0 Å². The molecule has 0 radical (unpaired) electrons. The van der Waals surface area contributed by atoms with E-state index in [9.17, 15) is 9.18 Å². The molecule has 2 heterocycles. The first kappa shape index (κ1) is 12.8. The Balaban J connectivity index is 1.70. The Hall–Kier alpha value is -2.23. The number of carbonyl (C=O) groups excluding carboxylic acids is 1. The number of pyridine rings is 1. The van der Waals surface area contributed by atoms with Crippen LogP contribution in [0.1, 0.15) is 23.5 Å². The minimum Gasteiger partial charge on any atom is -0.338 e. The summed E-state index contributed by atoms with van der Waals surface area (Å²) in [4.78, 5) is 17.9. The molecular weight excluding hydrogens is 255 g/mol. The van der Waals surface area contributed by atoms with Crippen LogP contribution >= 0.6 is 0 Å². The summed E-state index contributed by atoms with van der Waals surface area (Å²) in [6.45, 7) is 1.30. The molecule has 0 bridgehead atoms. The van der Waals surface area contributed by atoms with Crippen LogP contribution in [-0.4, -0.2) is 22.3 Å². The molecule has 3 nitrogen and oxygen atoms in total. The second kappa shape index (κ2) is 5.41. The molecule has 102 valence electrons. The normalized spacial score (nSPS) is 18.6. The van der Waals surface area contributed by atoms with Crippen molar-refractivity contribution in [1.29, 1.82) is 0 Å². The predicted octanol–water partition coefficient (Wildman–Crippen LogP) is 2.74. The van der Waals surface area contributed by atoms with Gasteiger partial charge in [0.05, 0.1) is 0 Å². The predicted molar refractivity (Wildman–Crippen MR) is 73.4 cm³/mol.